The number of hydrogen-bond donors (Lipinski definition) is 1. The van der Waals surface area contributed by atoms with Crippen LogP contribution < -0.4 is 5.32 Å². The Hall–Kier alpha value is -1.33. The molecule has 0 aliphatic rings. The van der Waals surface area contributed by atoms with Gasteiger partial charge in [0.1, 0.15) is 0 Å². The molecule has 1 aromatic carbocycles. The van der Waals surface area contributed by atoms with E-state index in [1.165, 1.54) is 11.1 Å². The molecule has 0 fully saturated rings. The van der Waals surface area contributed by atoms with Gasteiger partial charge in [0, 0.05) is 24.9 Å². The van der Waals surface area contributed by atoms with E-state index in [-0.39, 0.29) is 5.41 Å². The van der Waals surface area contributed by atoms with E-state index in [2.05, 4.69) is 56.4 Å². The second-order valence-corrected chi connectivity index (χ2v) is 4.78. The second kappa shape index (κ2) is 5.67. The third-order valence-corrected chi connectivity index (χ3v) is 2.85. The van der Waals surface area contributed by atoms with E-state index in [0.717, 1.165) is 13.1 Å². The van der Waals surface area contributed by atoms with Crippen LogP contribution in [0.2, 0.25) is 0 Å². The highest BCUT2D eigenvalue weighted by atomic mass is 14.9. The topological polar surface area (TPSA) is 35.8 Å². The predicted molar refractivity (Wildman–Crippen MR) is 67.3 cm³/mol. The molecule has 0 bridgehead atoms. The Morgan fingerprint density at radius 1 is 1.31 bits per heavy atom. The molecule has 0 aromatic heterocycles. The third-order valence-electron chi connectivity index (χ3n) is 2.85. The Bertz CT molecular complexity index is 375. The predicted octanol–water partition coefficient (Wildman–Crippen LogP) is 2.78. The van der Waals surface area contributed by atoms with Crippen molar-refractivity contribution in [2.45, 2.75) is 32.6 Å². The second-order valence-electron chi connectivity index (χ2n) is 4.78. The average Bonchev–Trinajstić information content (AvgIpc) is 2.25. The van der Waals surface area contributed by atoms with Gasteiger partial charge in [0.05, 0.1) is 6.07 Å². The highest BCUT2D eigenvalue weighted by Crippen LogP contribution is 2.25. The van der Waals surface area contributed by atoms with E-state index in [0.29, 0.717) is 6.42 Å². The molecule has 1 N–H and O–H groups in total. The van der Waals surface area contributed by atoms with Gasteiger partial charge in [-0.2, -0.15) is 5.26 Å². The Morgan fingerprint density at radius 3 is 2.62 bits per heavy atom. The fraction of sp³-hybridized carbons (Fsp3) is 0.500. The van der Waals surface area contributed by atoms with Gasteiger partial charge in [-0.25, -0.2) is 0 Å². The quantitative estimate of drug-likeness (QED) is 0.768. The van der Waals surface area contributed by atoms with Crippen molar-refractivity contribution in [1.29, 1.82) is 5.26 Å². The zero-order chi connectivity index (χ0) is 12.0. The molecule has 2 heteroatoms. The highest BCUT2D eigenvalue weighted by molar-refractivity contribution is 5.32. The Kier molecular flexibility index (Phi) is 4.52. The normalized spacial score (nSPS) is 11.1. The monoisotopic (exact) mass is 216 g/mol. The number of hydrogen-bond acceptors (Lipinski definition) is 2. The van der Waals surface area contributed by atoms with Gasteiger partial charge in [-0.3, -0.25) is 0 Å². The van der Waals surface area contributed by atoms with Gasteiger partial charge < -0.3 is 5.32 Å². The van der Waals surface area contributed by atoms with Gasteiger partial charge in [-0.05, 0) is 18.1 Å². The minimum atomic E-state index is 0.112. The van der Waals surface area contributed by atoms with Gasteiger partial charge in [-0.1, -0.05) is 38.1 Å². The summed E-state index contributed by atoms with van der Waals surface area (Å²) in [4.78, 5) is 0. The summed E-state index contributed by atoms with van der Waals surface area (Å²) in [6, 6.07) is 10.6. The van der Waals surface area contributed by atoms with Crippen LogP contribution in [-0.2, 0) is 5.41 Å². The van der Waals surface area contributed by atoms with E-state index in [1.807, 2.05) is 0 Å². The summed E-state index contributed by atoms with van der Waals surface area (Å²) in [7, 11) is 0. The van der Waals surface area contributed by atoms with E-state index < -0.39 is 0 Å². The van der Waals surface area contributed by atoms with Gasteiger partial charge in [0.15, 0.2) is 0 Å². The maximum absolute atomic E-state index is 8.47. The Labute approximate surface area is 98.3 Å². The third kappa shape index (κ3) is 3.36. The van der Waals surface area contributed by atoms with Crippen molar-refractivity contribution in [2.75, 3.05) is 13.1 Å². The summed E-state index contributed by atoms with van der Waals surface area (Å²) in [5.41, 5.74) is 2.81. The van der Waals surface area contributed by atoms with Crippen LogP contribution in [0.15, 0.2) is 24.3 Å². The molecule has 1 rings (SSSR count). The average molecular weight is 216 g/mol. The molecule has 2 nitrogen and oxygen atoms in total. The van der Waals surface area contributed by atoms with Crippen molar-refractivity contribution in [3.05, 3.63) is 35.4 Å². The van der Waals surface area contributed by atoms with Crippen LogP contribution in [-0.4, -0.2) is 13.1 Å². The van der Waals surface area contributed by atoms with Gasteiger partial charge >= 0.3 is 0 Å². The Balaban J connectivity index is 2.64. The summed E-state index contributed by atoms with van der Waals surface area (Å²) in [5.74, 6) is 0. The number of aryl methyl sites for hydroxylation is 1. The molecule has 86 valence electrons. The smallest absolute Gasteiger partial charge is 0.0635 e. The van der Waals surface area contributed by atoms with Crippen LogP contribution in [0.1, 0.15) is 31.4 Å². The largest absolute Gasteiger partial charge is 0.315 e. The van der Waals surface area contributed by atoms with Crippen molar-refractivity contribution in [3.8, 4) is 6.07 Å². The summed E-state index contributed by atoms with van der Waals surface area (Å²) < 4.78 is 0. The molecule has 0 radical (unpaired) electrons. The number of nitriles is 1. The molecule has 0 saturated carbocycles. The lowest BCUT2D eigenvalue weighted by molar-refractivity contribution is 0.471. The first-order valence-corrected chi connectivity index (χ1v) is 5.72. The molecule has 0 aliphatic carbocycles. The molecule has 0 atom stereocenters. The molecule has 0 unspecified atom stereocenters. The molecular weight excluding hydrogens is 196 g/mol. The van der Waals surface area contributed by atoms with Crippen molar-refractivity contribution in [1.82, 2.24) is 5.32 Å². The van der Waals surface area contributed by atoms with E-state index in [1.54, 1.807) is 0 Å². The number of rotatable bonds is 5. The maximum Gasteiger partial charge on any atom is 0.0635 e. The minimum Gasteiger partial charge on any atom is -0.315 e. The maximum atomic E-state index is 8.47. The first-order chi connectivity index (χ1) is 7.58. The van der Waals surface area contributed by atoms with Crippen LogP contribution in [0.5, 0.6) is 0 Å². The van der Waals surface area contributed by atoms with Crippen molar-refractivity contribution < 1.29 is 0 Å². The van der Waals surface area contributed by atoms with E-state index >= 15 is 0 Å². The molecule has 0 amide bonds. The number of nitrogens with zero attached hydrogens (tertiary/aromatic N) is 1. The van der Waals surface area contributed by atoms with Crippen LogP contribution >= 0.6 is 0 Å². The number of benzene rings is 1. The van der Waals surface area contributed by atoms with Crippen molar-refractivity contribution in [3.63, 3.8) is 0 Å². The van der Waals surface area contributed by atoms with Crippen LogP contribution in [0.25, 0.3) is 0 Å². The van der Waals surface area contributed by atoms with Gasteiger partial charge in [0.2, 0.25) is 0 Å². The lowest BCUT2D eigenvalue weighted by atomic mass is 9.82. The summed E-state index contributed by atoms with van der Waals surface area (Å²) in [5, 5.41) is 11.8. The van der Waals surface area contributed by atoms with Gasteiger partial charge in [-0.15, -0.1) is 0 Å². The molecule has 1 aromatic rings. The molecule has 16 heavy (non-hydrogen) atoms. The summed E-state index contributed by atoms with van der Waals surface area (Å²) in [6.07, 6.45) is 0.573. The molecule has 0 saturated heterocycles. The van der Waals surface area contributed by atoms with Gasteiger partial charge in [0.25, 0.3) is 0 Å². The molecule has 0 aliphatic heterocycles. The fourth-order valence-corrected chi connectivity index (χ4v) is 1.97. The molecular formula is C14H20N2. The van der Waals surface area contributed by atoms with Crippen molar-refractivity contribution >= 4 is 0 Å². The lowest BCUT2D eigenvalue weighted by Crippen LogP contribution is -2.34. The first-order valence-electron chi connectivity index (χ1n) is 5.72. The SMILES string of the molecule is Cc1ccccc1C(C)(C)CNCCC#N. The lowest BCUT2D eigenvalue weighted by Gasteiger charge is -2.27. The van der Waals surface area contributed by atoms with E-state index in [9.17, 15) is 0 Å². The molecule has 0 heterocycles. The Morgan fingerprint density at radius 2 is 2.00 bits per heavy atom. The minimum absolute atomic E-state index is 0.112. The highest BCUT2D eigenvalue weighted by Gasteiger charge is 2.21. The van der Waals surface area contributed by atoms with Crippen LogP contribution in [0.4, 0.5) is 0 Å². The zero-order valence-corrected chi connectivity index (χ0v) is 10.4. The van der Waals surface area contributed by atoms with E-state index in [4.69, 9.17) is 5.26 Å². The van der Waals surface area contributed by atoms with Crippen LogP contribution in [0.3, 0.4) is 0 Å². The summed E-state index contributed by atoms with van der Waals surface area (Å²) in [6.45, 7) is 8.28. The first kappa shape index (κ1) is 12.7. The molecule has 0 spiro atoms. The van der Waals surface area contributed by atoms with Crippen molar-refractivity contribution in [2.24, 2.45) is 0 Å². The van der Waals surface area contributed by atoms with Crippen LogP contribution in [0, 0.1) is 18.3 Å². The summed E-state index contributed by atoms with van der Waals surface area (Å²) >= 11 is 0. The fourth-order valence-electron chi connectivity index (χ4n) is 1.97. The zero-order valence-electron chi connectivity index (χ0n) is 10.4. The number of nitrogens with one attached hydrogen (secondary N) is 1. The standard InChI is InChI=1S/C14H20N2/c1-12-7-4-5-8-13(12)14(2,3)11-16-10-6-9-15/h4-5,7-8,16H,6,10-11H2,1-3H3.